The smallest absolute Gasteiger partial charge is 0.292 e. The van der Waals surface area contributed by atoms with Crippen LogP contribution in [0.3, 0.4) is 0 Å². The molecule has 0 bridgehead atoms. The average Bonchev–Trinajstić information content (AvgIpc) is 3.27. The van der Waals surface area contributed by atoms with Crippen molar-refractivity contribution >= 4 is 22.6 Å². The van der Waals surface area contributed by atoms with E-state index in [1.54, 1.807) is 13.1 Å². The van der Waals surface area contributed by atoms with Crippen LogP contribution in [0.15, 0.2) is 60.8 Å². The van der Waals surface area contributed by atoms with E-state index in [9.17, 15) is 9.59 Å². The van der Waals surface area contributed by atoms with Gasteiger partial charge in [-0.25, -0.2) is 4.68 Å². The second-order valence-electron chi connectivity index (χ2n) is 7.13. The van der Waals surface area contributed by atoms with E-state index in [0.29, 0.717) is 11.3 Å². The molecular weight excluding hydrogens is 364 g/mol. The van der Waals surface area contributed by atoms with E-state index in [1.165, 1.54) is 0 Å². The van der Waals surface area contributed by atoms with E-state index in [-0.39, 0.29) is 6.04 Å². The number of fused-ring (bicyclic) bond motifs is 1. The number of nitrogens with one attached hydrogen (secondary N) is 2. The highest BCUT2D eigenvalue weighted by molar-refractivity contribution is 6.45. The average molecular weight is 386 g/mol. The third-order valence-electron chi connectivity index (χ3n) is 5.19. The predicted molar refractivity (Wildman–Crippen MR) is 112 cm³/mol. The lowest BCUT2D eigenvalue weighted by atomic mass is 10.0. The van der Waals surface area contributed by atoms with Crippen LogP contribution in [0.2, 0.25) is 0 Å². The number of amides is 1. The number of hydrogen-bond acceptors (Lipinski definition) is 3. The molecule has 0 fully saturated rings. The molecule has 0 saturated carbocycles. The molecule has 0 aliphatic rings. The topological polar surface area (TPSA) is 79.8 Å². The molecular formula is C23H22N4O2. The monoisotopic (exact) mass is 386 g/mol. The van der Waals surface area contributed by atoms with E-state index in [1.807, 2.05) is 73.1 Å². The number of para-hydroxylation sites is 2. The Morgan fingerprint density at radius 3 is 2.48 bits per heavy atom. The molecule has 0 aliphatic carbocycles. The second-order valence-corrected chi connectivity index (χ2v) is 7.13. The van der Waals surface area contributed by atoms with Gasteiger partial charge in [0.15, 0.2) is 0 Å². The van der Waals surface area contributed by atoms with Gasteiger partial charge < -0.3 is 10.3 Å². The van der Waals surface area contributed by atoms with Crippen LogP contribution in [-0.4, -0.2) is 26.5 Å². The maximum Gasteiger partial charge on any atom is 0.292 e. The van der Waals surface area contributed by atoms with E-state index >= 15 is 0 Å². The molecule has 2 heterocycles. The zero-order valence-corrected chi connectivity index (χ0v) is 16.6. The van der Waals surface area contributed by atoms with Crippen molar-refractivity contribution in [3.05, 3.63) is 83.3 Å². The Kier molecular flexibility index (Phi) is 4.76. The second kappa shape index (κ2) is 7.39. The molecule has 2 N–H and O–H groups in total. The summed E-state index contributed by atoms with van der Waals surface area (Å²) in [4.78, 5) is 28.7. The van der Waals surface area contributed by atoms with Crippen LogP contribution in [0.4, 0.5) is 0 Å². The van der Waals surface area contributed by atoms with Gasteiger partial charge >= 0.3 is 0 Å². The van der Waals surface area contributed by atoms with E-state index in [4.69, 9.17) is 0 Å². The van der Waals surface area contributed by atoms with Gasteiger partial charge in [0.05, 0.1) is 23.5 Å². The fraction of sp³-hybridized carbons (Fsp3) is 0.174. The summed E-state index contributed by atoms with van der Waals surface area (Å²) in [5, 5.41) is 8.02. The number of nitrogens with zero attached hydrogens (tertiary/aromatic N) is 2. The molecule has 1 amide bonds. The molecule has 29 heavy (non-hydrogen) atoms. The van der Waals surface area contributed by atoms with Gasteiger partial charge in [-0.15, -0.1) is 0 Å². The van der Waals surface area contributed by atoms with Gasteiger partial charge in [-0.1, -0.05) is 36.4 Å². The van der Waals surface area contributed by atoms with E-state index in [0.717, 1.165) is 27.8 Å². The van der Waals surface area contributed by atoms with Crippen LogP contribution in [-0.2, 0) is 4.79 Å². The lowest BCUT2D eigenvalue weighted by Crippen LogP contribution is -2.33. The van der Waals surface area contributed by atoms with Crippen LogP contribution >= 0.6 is 0 Å². The van der Waals surface area contributed by atoms with Gasteiger partial charge in [0.1, 0.15) is 0 Å². The number of aromatic nitrogens is 3. The lowest BCUT2D eigenvalue weighted by Gasteiger charge is -2.14. The Morgan fingerprint density at radius 2 is 1.72 bits per heavy atom. The molecule has 0 spiro atoms. The third-order valence-corrected chi connectivity index (χ3v) is 5.19. The van der Waals surface area contributed by atoms with Crippen molar-refractivity contribution in [3.8, 4) is 5.69 Å². The first-order valence-electron chi connectivity index (χ1n) is 9.50. The molecule has 4 rings (SSSR count). The van der Waals surface area contributed by atoms with Crippen molar-refractivity contribution in [2.75, 3.05) is 0 Å². The molecule has 6 heteroatoms. The molecule has 0 radical (unpaired) electrons. The van der Waals surface area contributed by atoms with Crippen molar-refractivity contribution in [2.45, 2.75) is 26.8 Å². The Hall–Kier alpha value is -3.67. The van der Waals surface area contributed by atoms with Crippen molar-refractivity contribution in [2.24, 2.45) is 0 Å². The lowest BCUT2D eigenvalue weighted by molar-refractivity contribution is -0.117. The van der Waals surface area contributed by atoms with Crippen LogP contribution in [0.1, 0.15) is 40.3 Å². The minimum atomic E-state index is -0.628. The standard InChI is InChI=1S/C23H22N4O2/c1-14(19-13-24-27(16(19)3)17-9-5-4-6-10-17)26-23(29)22(28)21-15(2)25-20-12-8-7-11-18(20)21/h4-14,25H,1-3H3,(H,26,29). The molecule has 146 valence electrons. The first-order valence-corrected chi connectivity index (χ1v) is 9.50. The maximum atomic E-state index is 12.9. The zero-order chi connectivity index (χ0) is 20.5. The molecule has 4 aromatic rings. The van der Waals surface area contributed by atoms with Crippen LogP contribution in [0.25, 0.3) is 16.6 Å². The van der Waals surface area contributed by atoms with Gasteiger partial charge in [-0.2, -0.15) is 5.10 Å². The highest BCUT2D eigenvalue weighted by atomic mass is 16.2. The number of ketones is 1. The number of carbonyl (C=O) groups excluding carboxylic acids is 2. The summed E-state index contributed by atoms with van der Waals surface area (Å²) >= 11 is 0. The number of aryl methyl sites for hydroxylation is 1. The Balaban J connectivity index is 1.56. The Bertz CT molecular complexity index is 1200. The molecule has 1 unspecified atom stereocenters. The highest BCUT2D eigenvalue weighted by Crippen LogP contribution is 2.24. The van der Waals surface area contributed by atoms with Gasteiger partial charge in [-0.3, -0.25) is 9.59 Å². The van der Waals surface area contributed by atoms with Gasteiger partial charge in [-0.05, 0) is 39.0 Å². The molecule has 1 atom stereocenters. The highest BCUT2D eigenvalue weighted by Gasteiger charge is 2.25. The minimum absolute atomic E-state index is 0.352. The largest absolute Gasteiger partial charge is 0.358 e. The zero-order valence-electron chi connectivity index (χ0n) is 16.6. The number of carbonyl (C=O) groups is 2. The molecule has 2 aromatic carbocycles. The number of benzene rings is 2. The summed E-state index contributed by atoms with van der Waals surface area (Å²) in [5.41, 5.74) is 4.67. The summed E-state index contributed by atoms with van der Waals surface area (Å²) in [6.07, 6.45) is 1.73. The van der Waals surface area contributed by atoms with E-state index < -0.39 is 11.7 Å². The minimum Gasteiger partial charge on any atom is -0.358 e. The quantitative estimate of drug-likeness (QED) is 0.401. The van der Waals surface area contributed by atoms with Gasteiger partial charge in [0.25, 0.3) is 11.7 Å². The number of hydrogen-bond donors (Lipinski definition) is 2. The van der Waals surface area contributed by atoms with Crippen LogP contribution in [0, 0.1) is 13.8 Å². The summed E-state index contributed by atoms with van der Waals surface area (Å²) in [6.45, 7) is 5.61. The summed E-state index contributed by atoms with van der Waals surface area (Å²) in [7, 11) is 0. The van der Waals surface area contributed by atoms with Crippen LogP contribution in [0.5, 0.6) is 0 Å². The van der Waals surface area contributed by atoms with E-state index in [2.05, 4.69) is 15.4 Å². The van der Waals surface area contributed by atoms with Crippen molar-refractivity contribution in [1.82, 2.24) is 20.1 Å². The van der Waals surface area contributed by atoms with Crippen molar-refractivity contribution < 1.29 is 9.59 Å². The molecule has 0 saturated heterocycles. The van der Waals surface area contributed by atoms with Crippen LogP contribution < -0.4 is 5.32 Å². The Labute approximate surface area is 168 Å². The molecule has 6 nitrogen and oxygen atoms in total. The van der Waals surface area contributed by atoms with Gasteiger partial charge in [0.2, 0.25) is 0 Å². The van der Waals surface area contributed by atoms with Gasteiger partial charge in [0, 0.05) is 27.9 Å². The number of H-pyrrole nitrogens is 1. The fourth-order valence-electron chi connectivity index (χ4n) is 3.70. The Morgan fingerprint density at radius 1 is 1.03 bits per heavy atom. The normalized spacial score (nSPS) is 12.1. The number of aromatic amines is 1. The summed E-state index contributed by atoms with van der Waals surface area (Å²) in [5.74, 6) is -1.17. The third kappa shape index (κ3) is 3.33. The predicted octanol–water partition coefficient (Wildman–Crippen LogP) is 4.03. The molecule has 2 aromatic heterocycles. The first kappa shape index (κ1) is 18.7. The van der Waals surface area contributed by atoms with Crippen molar-refractivity contribution in [1.29, 1.82) is 0 Å². The first-order chi connectivity index (χ1) is 14.0. The maximum absolute atomic E-state index is 12.9. The fourth-order valence-corrected chi connectivity index (χ4v) is 3.70. The number of rotatable bonds is 5. The SMILES string of the molecule is Cc1[nH]c2ccccc2c1C(=O)C(=O)NC(C)c1cnn(-c2ccccc2)c1C. The summed E-state index contributed by atoms with van der Waals surface area (Å²) < 4.78 is 1.82. The summed E-state index contributed by atoms with van der Waals surface area (Å²) in [6, 6.07) is 16.9. The molecule has 0 aliphatic heterocycles. The van der Waals surface area contributed by atoms with Crippen molar-refractivity contribution in [3.63, 3.8) is 0 Å². The number of Topliss-reactive ketones (excluding diaryl/α,β-unsaturated/α-hetero) is 1.